The summed E-state index contributed by atoms with van der Waals surface area (Å²) in [5, 5.41) is 3.45. The molecule has 0 unspecified atom stereocenters. The number of nitrogens with one attached hydrogen (secondary N) is 1. The maximum atomic E-state index is 5.56. The van der Waals surface area contributed by atoms with Crippen LogP contribution in [0.3, 0.4) is 0 Å². The molecule has 0 aliphatic carbocycles. The smallest absolute Gasteiger partial charge is 0.0971 e. The van der Waals surface area contributed by atoms with Gasteiger partial charge in [-0.15, -0.1) is 0 Å². The Hall–Kier alpha value is -0.860. The number of hydrogen-bond acceptors (Lipinski definition) is 2. The minimum absolute atomic E-state index is 0.0441. The van der Waals surface area contributed by atoms with Crippen molar-refractivity contribution in [3.63, 3.8) is 0 Å². The van der Waals surface area contributed by atoms with Gasteiger partial charge >= 0.3 is 0 Å². The van der Waals surface area contributed by atoms with Crippen molar-refractivity contribution in [1.29, 1.82) is 0 Å². The van der Waals surface area contributed by atoms with Crippen molar-refractivity contribution in [2.24, 2.45) is 0 Å². The van der Waals surface area contributed by atoms with Gasteiger partial charge in [-0.25, -0.2) is 0 Å². The van der Waals surface area contributed by atoms with Crippen LogP contribution in [0, 0.1) is 6.92 Å². The van der Waals surface area contributed by atoms with Crippen LogP contribution in [0.4, 0.5) is 0 Å². The highest BCUT2D eigenvalue weighted by molar-refractivity contribution is 5.31. The summed E-state index contributed by atoms with van der Waals surface area (Å²) in [6, 6.07) is 8.49. The number of unbranched alkanes of at least 4 members (excludes halogenated alkanes) is 1. The first kappa shape index (κ1) is 14.2. The lowest BCUT2D eigenvalue weighted by atomic mass is 9.91. The van der Waals surface area contributed by atoms with Crippen molar-refractivity contribution in [3.8, 4) is 0 Å². The Labute approximate surface area is 105 Å². The van der Waals surface area contributed by atoms with Gasteiger partial charge in [0.2, 0.25) is 0 Å². The summed E-state index contributed by atoms with van der Waals surface area (Å²) in [5.41, 5.74) is 2.61. The minimum atomic E-state index is -0.0441. The molecule has 0 aliphatic heterocycles. The van der Waals surface area contributed by atoms with Gasteiger partial charge in [0, 0.05) is 12.1 Å². The normalized spacial score (nSPS) is 11.8. The van der Waals surface area contributed by atoms with Crippen molar-refractivity contribution >= 4 is 0 Å². The first-order valence-electron chi connectivity index (χ1n) is 6.47. The van der Waals surface area contributed by atoms with Gasteiger partial charge in [0.1, 0.15) is 0 Å². The Morgan fingerprint density at radius 1 is 1.24 bits per heavy atom. The van der Waals surface area contributed by atoms with E-state index < -0.39 is 0 Å². The summed E-state index contributed by atoms with van der Waals surface area (Å²) in [6.07, 6.45) is 2.31. The van der Waals surface area contributed by atoms with Gasteiger partial charge in [-0.3, -0.25) is 5.32 Å². The van der Waals surface area contributed by atoms with Crippen molar-refractivity contribution in [3.05, 3.63) is 35.4 Å². The van der Waals surface area contributed by atoms with Crippen molar-refractivity contribution < 1.29 is 4.74 Å². The SMILES string of the molecule is CCCCOCNC(C)(C)c1ccccc1C. The second-order valence-corrected chi connectivity index (χ2v) is 5.02. The molecule has 1 N–H and O–H groups in total. The van der Waals surface area contributed by atoms with E-state index in [-0.39, 0.29) is 5.54 Å². The lowest BCUT2D eigenvalue weighted by molar-refractivity contribution is 0.0929. The molecule has 0 saturated heterocycles. The molecule has 2 nitrogen and oxygen atoms in total. The molecule has 2 heteroatoms. The molecule has 0 saturated carbocycles. The van der Waals surface area contributed by atoms with E-state index in [1.165, 1.54) is 17.5 Å². The molecule has 0 amide bonds. The summed E-state index contributed by atoms with van der Waals surface area (Å²) in [7, 11) is 0. The van der Waals surface area contributed by atoms with Crippen molar-refractivity contribution in [2.75, 3.05) is 13.3 Å². The van der Waals surface area contributed by atoms with Gasteiger partial charge in [0.05, 0.1) is 6.73 Å². The highest BCUT2D eigenvalue weighted by atomic mass is 16.5. The predicted octanol–water partition coefficient (Wildman–Crippen LogP) is 3.59. The van der Waals surface area contributed by atoms with E-state index >= 15 is 0 Å². The van der Waals surface area contributed by atoms with E-state index in [0.29, 0.717) is 6.73 Å². The predicted molar refractivity (Wildman–Crippen MR) is 73.1 cm³/mol. The van der Waals surface area contributed by atoms with Crippen LogP contribution in [0.2, 0.25) is 0 Å². The van der Waals surface area contributed by atoms with Gasteiger partial charge in [-0.1, -0.05) is 37.6 Å². The third-order valence-electron chi connectivity index (χ3n) is 3.08. The van der Waals surface area contributed by atoms with Crippen LogP contribution in [0.25, 0.3) is 0 Å². The van der Waals surface area contributed by atoms with Gasteiger partial charge in [-0.2, -0.15) is 0 Å². The van der Waals surface area contributed by atoms with Crippen molar-refractivity contribution in [2.45, 2.75) is 46.1 Å². The summed E-state index contributed by atoms with van der Waals surface area (Å²) in [4.78, 5) is 0. The number of aryl methyl sites for hydroxylation is 1. The van der Waals surface area contributed by atoms with Crippen molar-refractivity contribution in [1.82, 2.24) is 5.32 Å². The second-order valence-electron chi connectivity index (χ2n) is 5.02. The molecule has 0 bridgehead atoms. The Morgan fingerprint density at radius 2 is 1.94 bits per heavy atom. The van der Waals surface area contributed by atoms with Crippen LogP contribution in [0.1, 0.15) is 44.7 Å². The molecule has 0 spiro atoms. The van der Waals surface area contributed by atoms with Gasteiger partial charge < -0.3 is 4.74 Å². The molecule has 0 fully saturated rings. The molecule has 17 heavy (non-hydrogen) atoms. The minimum Gasteiger partial charge on any atom is -0.366 e. The van der Waals surface area contributed by atoms with E-state index in [0.717, 1.165) is 13.0 Å². The van der Waals surface area contributed by atoms with Crippen LogP contribution >= 0.6 is 0 Å². The molecule has 0 heterocycles. The molecule has 0 radical (unpaired) electrons. The first-order chi connectivity index (χ1) is 8.08. The standard InChI is InChI=1S/C15H25NO/c1-5-6-11-17-12-16-15(3,4)14-10-8-7-9-13(14)2/h7-10,16H,5-6,11-12H2,1-4H3. The van der Waals surface area contributed by atoms with Crippen LogP contribution in [0.5, 0.6) is 0 Å². The zero-order valence-corrected chi connectivity index (χ0v) is 11.5. The molecule has 1 aromatic carbocycles. The summed E-state index contributed by atoms with van der Waals surface area (Å²) >= 11 is 0. The third kappa shape index (κ3) is 4.49. The average molecular weight is 235 g/mol. The number of rotatable bonds is 7. The van der Waals surface area contributed by atoms with Crippen LogP contribution in [-0.4, -0.2) is 13.3 Å². The molecule has 0 aromatic heterocycles. The highest BCUT2D eigenvalue weighted by Gasteiger charge is 2.20. The van der Waals surface area contributed by atoms with Crippen LogP contribution in [0.15, 0.2) is 24.3 Å². The Balaban J connectivity index is 2.48. The van der Waals surface area contributed by atoms with E-state index in [4.69, 9.17) is 4.74 Å². The topological polar surface area (TPSA) is 21.3 Å². The van der Waals surface area contributed by atoms with E-state index in [1.54, 1.807) is 0 Å². The summed E-state index contributed by atoms with van der Waals surface area (Å²) < 4.78 is 5.56. The monoisotopic (exact) mass is 235 g/mol. The fourth-order valence-corrected chi connectivity index (χ4v) is 1.92. The second kappa shape index (κ2) is 6.77. The quantitative estimate of drug-likeness (QED) is 0.576. The van der Waals surface area contributed by atoms with Crippen LogP contribution in [-0.2, 0) is 10.3 Å². The summed E-state index contributed by atoms with van der Waals surface area (Å²) in [5.74, 6) is 0. The molecule has 96 valence electrons. The molecular formula is C15H25NO. The molecule has 1 aromatic rings. The molecule has 0 atom stereocenters. The van der Waals surface area contributed by atoms with E-state index in [1.807, 2.05) is 0 Å². The Morgan fingerprint density at radius 3 is 2.59 bits per heavy atom. The van der Waals surface area contributed by atoms with Gasteiger partial charge in [0.15, 0.2) is 0 Å². The highest BCUT2D eigenvalue weighted by Crippen LogP contribution is 2.22. The Bertz CT molecular complexity index is 333. The van der Waals surface area contributed by atoms with E-state index in [2.05, 4.69) is 57.3 Å². The Kier molecular flexibility index (Phi) is 5.66. The number of ether oxygens (including phenoxy) is 1. The summed E-state index contributed by atoms with van der Waals surface area (Å²) in [6.45, 7) is 10.2. The molecule has 1 rings (SSSR count). The fourth-order valence-electron chi connectivity index (χ4n) is 1.92. The lowest BCUT2D eigenvalue weighted by Crippen LogP contribution is -2.38. The molecular weight excluding hydrogens is 210 g/mol. The number of benzene rings is 1. The largest absolute Gasteiger partial charge is 0.366 e. The lowest BCUT2D eigenvalue weighted by Gasteiger charge is -2.28. The maximum Gasteiger partial charge on any atom is 0.0971 e. The van der Waals surface area contributed by atoms with Gasteiger partial charge in [-0.05, 0) is 38.3 Å². The van der Waals surface area contributed by atoms with E-state index in [9.17, 15) is 0 Å². The first-order valence-corrected chi connectivity index (χ1v) is 6.47. The zero-order chi connectivity index (χ0) is 12.7. The van der Waals surface area contributed by atoms with Crippen LogP contribution < -0.4 is 5.32 Å². The number of hydrogen-bond donors (Lipinski definition) is 1. The average Bonchev–Trinajstić information content (AvgIpc) is 2.29. The maximum absolute atomic E-state index is 5.56. The van der Waals surface area contributed by atoms with Gasteiger partial charge in [0.25, 0.3) is 0 Å². The zero-order valence-electron chi connectivity index (χ0n) is 11.5. The molecule has 0 aliphatic rings. The third-order valence-corrected chi connectivity index (χ3v) is 3.08. The fraction of sp³-hybridized carbons (Fsp3) is 0.600.